The van der Waals surface area contributed by atoms with Crippen molar-refractivity contribution in [2.75, 3.05) is 6.61 Å². The van der Waals surface area contributed by atoms with E-state index in [0.717, 1.165) is 13.0 Å². The van der Waals surface area contributed by atoms with Gasteiger partial charge in [-0.2, -0.15) is 0 Å². The van der Waals surface area contributed by atoms with Gasteiger partial charge in [0.1, 0.15) is 0 Å². The monoisotopic (exact) mass is 158 g/mol. The summed E-state index contributed by atoms with van der Waals surface area (Å²) in [5, 5.41) is -0.00694. The smallest absolute Gasteiger partial charge is 0.214 e. The van der Waals surface area contributed by atoms with E-state index in [-0.39, 0.29) is 5.22 Å². The first-order valence-corrected chi connectivity index (χ1v) is 6.87. The molecule has 0 radical (unpaired) electrons. The van der Waals surface area contributed by atoms with Gasteiger partial charge in [-0.25, -0.2) is 0 Å². The Morgan fingerprint density at radius 1 is 1.60 bits per heavy atom. The Kier molecular flexibility index (Phi) is 1.13. The molecule has 2 atom stereocenters. The highest BCUT2D eigenvalue weighted by atomic mass is 28.4. The molecular formula is C7H14O2Si. The van der Waals surface area contributed by atoms with E-state index in [1.165, 1.54) is 6.42 Å². The molecule has 0 aromatic rings. The first-order valence-electron chi connectivity index (χ1n) is 3.93. The first kappa shape index (κ1) is 6.82. The van der Waals surface area contributed by atoms with Crippen molar-refractivity contribution in [2.24, 2.45) is 5.92 Å². The van der Waals surface area contributed by atoms with Crippen molar-refractivity contribution in [1.29, 1.82) is 0 Å². The minimum absolute atomic E-state index is 0.00694. The van der Waals surface area contributed by atoms with Crippen molar-refractivity contribution < 1.29 is 9.53 Å². The van der Waals surface area contributed by atoms with Crippen LogP contribution in [-0.2, 0) is 4.74 Å². The molecule has 1 aliphatic carbocycles. The zero-order valence-corrected chi connectivity index (χ0v) is 7.55. The lowest BCUT2D eigenvalue weighted by Crippen LogP contribution is -2.45. The van der Waals surface area contributed by atoms with Crippen molar-refractivity contribution in [3.05, 3.63) is 0 Å². The van der Waals surface area contributed by atoms with Gasteiger partial charge in [0.2, 0.25) is 8.32 Å². The molecule has 2 rings (SSSR count). The van der Waals surface area contributed by atoms with Gasteiger partial charge in [0.25, 0.3) is 0 Å². The average molecular weight is 158 g/mol. The summed E-state index contributed by atoms with van der Waals surface area (Å²) in [7, 11) is -2.00. The number of hydrogen-bond acceptors (Lipinski definition) is 2. The van der Waals surface area contributed by atoms with E-state index in [1.807, 2.05) is 13.1 Å². The predicted molar refractivity (Wildman–Crippen MR) is 41.1 cm³/mol. The molecule has 1 saturated heterocycles. The Labute approximate surface area is 62.3 Å². The Morgan fingerprint density at radius 3 is 2.50 bits per heavy atom. The van der Waals surface area contributed by atoms with Crippen LogP contribution in [0.5, 0.6) is 0 Å². The molecule has 0 amide bonds. The summed E-state index contributed by atoms with van der Waals surface area (Å²) in [5.41, 5.74) is 0. The van der Waals surface area contributed by atoms with E-state index < -0.39 is 8.32 Å². The molecule has 0 aromatic carbocycles. The molecule has 1 heterocycles. The molecule has 3 heteroatoms. The molecule has 0 spiro atoms. The third kappa shape index (κ3) is 0.656. The lowest BCUT2D eigenvalue weighted by Gasteiger charge is -2.24. The van der Waals surface area contributed by atoms with Crippen LogP contribution in [-0.4, -0.2) is 24.9 Å². The highest BCUT2D eigenvalue weighted by molar-refractivity contribution is 6.73. The fourth-order valence-corrected chi connectivity index (χ4v) is 4.47. The number of hydrogen-bond donors (Lipinski definition) is 1. The van der Waals surface area contributed by atoms with Crippen molar-refractivity contribution in [3.8, 4) is 0 Å². The summed E-state index contributed by atoms with van der Waals surface area (Å²) in [6.07, 6.45) is 2.31. The van der Waals surface area contributed by atoms with Crippen molar-refractivity contribution >= 4 is 8.32 Å². The second-order valence-corrected chi connectivity index (χ2v) is 7.95. The van der Waals surface area contributed by atoms with Crippen molar-refractivity contribution in [1.82, 2.24) is 0 Å². The standard InChI is InChI=1S/C7H14O2Si/c1-10(2,8)7-5-6(7)3-4-9-7/h6,8H,3-5H2,1-2H3/t6?,7-/m0/s1. The van der Waals surface area contributed by atoms with Crippen LogP contribution in [0.3, 0.4) is 0 Å². The van der Waals surface area contributed by atoms with E-state index in [9.17, 15) is 4.80 Å². The summed E-state index contributed by atoms with van der Waals surface area (Å²) < 4.78 is 5.59. The number of ether oxygens (including phenoxy) is 1. The molecule has 2 aliphatic rings. The highest BCUT2D eigenvalue weighted by Gasteiger charge is 2.67. The highest BCUT2D eigenvalue weighted by Crippen LogP contribution is 2.57. The van der Waals surface area contributed by atoms with Crippen LogP contribution in [0, 0.1) is 5.92 Å². The molecule has 1 aliphatic heterocycles. The van der Waals surface area contributed by atoms with E-state index >= 15 is 0 Å². The molecular weight excluding hydrogens is 144 g/mol. The lowest BCUT2D eigenvalue weighted by atomic mass is 10.3. The quantitative estimate of drug-likeness (QED) is 0.575. The summed E-state index contributed by atoms with van der Waals surface area (Å²) in [5.74, 6) is 0.708. The zero-order valence-electron chi connectivity index (χ0n) is 6.55. The van der Waals surface area contributed by atoms with Gasteiger partial charge in [0.15, 0.2) is 0 Å². The Hall–Kier alpha value is 0.137. The predicted octanol–water partition coefficient (Wildman–Crippen LogP) is 0.902. The van der Waals surface area contributed by atoms with Crippen molar-refractivity contribution in [3.63, 3.8) is 0 Å². The average Bonchev–Trinajstić information content (AvgIpc) is 2.36. The molecule has 1 saturated carbocycles. The largest absolute Gasteiger partial charge is 0.429 e. The fraction of sp³-hybridized carbons (Fsp3) is 1.00. The second kappa shape index (κ2) is 1.65. The molecule has 2 nitrogen and oxygen atoms in total. The first-order chi connectivity index (χ1) is 4.56. The van der Waals surface area contributed by atoms with Gasteiger partial charge < -0.3 is 9.53 Å². The number of rotatable bonds is 1. The third-order valence-corrected chi connectivity index (χ3v) is 5.74. The Morgan fingerprint density at radius 2 is 2.30 bits per heavy atom. The molecule has 58 valence electrons. The van der Waals surface area contributed by atoms with Gasteiger partial charge in [-0.05, 0) is 31.9 Å². The maximum atomic E-state index is 9.83. The fourth-order valence-electron chi connectivity index (χ4n) is 2.13. The Balaban J connectivity index is 2.18. The summed E-state index contributed by atoms with van der Waals surface area (Å²) in [6, 6.07) is 0. The van der Waals surface area contributed by atoms with Gasteiger partial charge in [-0.15, -0.1) is 0 Å². The van der Waals surface area contributed by atoms with Gasteiger partial charge in [0.05, 0.1) is 5.22 Å². The van der Waals surface area contributed by atoms with Crippen LogP contribution in [0.4, 0.5) is 0 Å². The van der Waals surface area contributed by atoms with Crippen LogP contribution in [0.2, 0.25) is 13.1 Å². The molecule has 1 N–H and O–H groups in total. The molecule has 0 bridgehead atoms. The maximum Gasteiger partial charge on any atom is 0.214 e. The molecule has 10 heavy (non-hydrogen) atoms. The molecule has 1 unspecified atom stereocenters. The number of fused-ring (bicyclic) bond motifs is 1. The zero-order chi connectivity index (χ0) is 7.41. The van der Waals surface area contributed by atoms with Gasteiger partial charge >= 0.3 is 0 Å². The lowest BCUT2D eigenvalue weighted by molar-refractivity contribution is 0.106. The normalized spacial score (nSPS) is 45.3. The van der Waals surface area contributed by atoms with E-state index in [2.05, 4.69) is 0 Å². The van der Waals surface area contributed by atoms with Gasteiger partial charge in [-0.3, -0.25) is 0 Å². The van der Waals surface area contributed by atoms with E-state index in [1.54, 1.807) is 0 Å². The summed E-state index contributed by atoms with van der Waals surface area (Å²) >= 11 is 0. The third-order valence-electron chi connectivity index (χ3n) is 2.91. The van der Waals surface area contributed by atoms with Gasteiger partial charge in [-0.1, -0.05) is 0 Å². The van der Waals surface area contributed by atoms with Crippen LogP contribution in [0.15, 0.2) is 0 Å². The van der Waals surface area contributed by atoms with Crippen molar-refractivity contribution in [2.45, 2.75) is 31.2 Å². The van der Waals surface area contributed by atoms with Crippen LogP contribution in [0.1, 0.15) is 12.8 Å². The van der Waals surface area contributed by atoms with E-state index in [4.69, 9.17) is 4.74 Å². The minimum atomic E-state index is -2.00. The molecule has 2 fully saturated rings. The maximum absolute atomic E-state index is 9.83. The topological polar surface area (TPSA) is 29.5 Å². The SMILES string of the molecule is C[Si](C)(O)[C@@]12CC1CCO2. The summed E-state index contributed by atoms with van der Waals surface area (Å²) in [6.45, 7) is 4.85. The van der Waals surface area contributed by atoms with Crippen LogP contribution >= 0.6 is 0 Å². The van der Waals surface area contributed by atoms with Gasteiger partial charge in [0, 0.05) is 6.61 Å². The summed E-state index contributed by atoms with van der Waals surface area (Å²) in [4.78, 5) is 9.83. The minimum Gasteiger partial charge on any atom is -0.429 e. The van der Waals surface area contributed by atoms with E-state index in [0.29, 0.717) is 5.92 Å². The Bertz CT molecular complexity index is 163. The second-order valence-electron chi connectivity index (χ2n) is 3.99. The molecule has 0 aromatic heterocycles. The van der Waals surface area contributed by atoms with Crippen LogP contribution in [0.25, 0.3) is 0 Å². The van der Waals surface area contributed by atoms with Crippen LogP contribution < -0.4 is 0 Å².